The maximum Gasteiger partial charge on any atom is 0.247 e. The zero-order chi connectivity index (χ0) is 23.4. The SMILES string of the molecule is C[C@H](N)C(=O)N(C(=O)Cc1cc(F)cc(F)c1)[C@@H]1C(=O)N(C)CCS[C@@H]1c1ccccc1. The van der Waals surface area contributed by atoms with Crippen molar-refractivity contribution in [3.63, 3.8) is 0 Å². The summed E-state index contributed by atoms with van der Waals surface area (Å²) >= 11 is 1.47. The Morgan fingerprint density at radius 1 is 1.19 bits per heavy atom. The minimum Gasteiger partial charge on any atom is -0.343 e. The van der Waals surface area contributed by atoms with Gasteiger partial charge in [-0.2, -0.15) is 0 Å². The van der Waals surface area contributed by atoms with Crippen molar-refractivity contribution < 1.29 is 23.2 Å². The second kappa shape index (κ2) is 10.2. The predicted molar refractivity (Wildman–Crippen MR) is 119 cm³/mol. The molecule has 32 heavy (non-hydrogen) atoms. The molecule has 0 unspecified atom stereocenters. The van der Waals surface area contributed by atoms with Crippen LogP contribution < -0.4 is 5.73 Å². The van der Waals surface area contributed by atoms with Gasteiger partial charge in [-0.15, -0.1) is 11.8 Å². The lowest BCUT2D eigenvalue weighted by atomic mass is 10.00. The largest absolute Gasteiger partial charge is 0.343 e. The molecule has 1 fully saturated rings. The number of halogens is 2. The van der Waals surface area contributed by atoms with Crippen LogP contribution in [0.25, 0.3) is 0 Å². The number of hydrogen-bond acceptors (Lipinski definition) is 5. The zero-order valence-corrected chi connectivity index (χ0v) is 18.6. The molecule has 9 heteroatoms. The maximum atomic E-state index is 13.7. The van der Waals surface area contributed by atoms with Crippen LogP contribution in [0.5, 0.6) is 0 Å². The van der Waals surface area contributed by atoms with E-state index in [2.05, 4.69) is 0 Å². The quantitative estimate of drug-likeness (QED) is 0.740. The highest BCUT2D eigenvalue weighted by Gasteiger charge is 2.44. The molecule has 0 spiro atoms. The summed E-state index contributed by atoms with van der Waals surface area (Å²) in [6.07, 6.45) is -0.452. The van der Waals surface area contributed by atoms with Crippen molar-refractivity contribution in [2.24, 2.45) is 5.73 Å². The van der Waals surface area contributed by atoms with Crippen LogP contribution in [0, 0.1) is 11.6 Å². The van der Waals surface area contributed by atoms with E-state index in [1.165, 1.54) is 23.6 Å². The van der Waals surface area contributed by atoms with Crippen LogP contribution in [0.15, 0.2) is 48.5 Å². The number of thioether (sulfide) groups is 1. The lowest BCUT2D eigenvalue weighted by Crippen LogP contribution is -2.57. The third kappa shape index (κ3) is 5.34. The van der Waals surface area contributed by atoms with Crippen LogP contribution in [-0.2, 0) is 20.8 Å². The molecule has 1 aliphatic rings. The smallest absolute Gasteiger partial charge is 0.247 e. The first-order chi connectivity index (χ1) is 15.2. The van der Waals surface area contributed by atoms with E-state index in [4.69, 9.17) is 5.73 Å². The number of rotatable bonds is 5. The van der Waals surface area contributed by atoms with Gasteiger partial charge in [0.1, 0.15) is 17.7 Å². The number of imide groups is 1. The second-order valence-corrected chi connectivity index (χ2v) is 9.00. The summed E-state index contributed by atoms with van der Waals surface area (Å²) in [4.78, 5) is 42.2. The molecule has 1 aliphatic heterocycles. The van der Waals surface area contributed by atoms with Crippen molar-refractivity contribution in [3.05, 3.63) is 71.3 Å². The second-order valence-electron chi connectivity index (χ2n) is 7.75. The number of benzene rings is 2. The first-order valence-electron chi connectivity index (χ1n) is 10.2. The molecule has 3 atom stereocenters. The highest BCUT2D eigenvalue weighted by atomic mass is 32.2. The fourth-order valence-corrected chi connectivity index (χ4v) is 5.05. The highest BCUT2D eigenvalue weighted by Crippen LogP contribution is 2.38. The first kappa shape index (κ1) is 23.9. The Morgan fingerprint density at radius 3 is 2.41 bits per heavy atom. The molecule has 0 aliphatic carbocycles. The minimum atomic E-state index is -1.14. The lowest BCUT2D eigenvalue weighted by Gasteiger charge is -2.35. The molecule has 2 aromatic carbocycles. The van der Waals surface area contributed by atoms with Crippen LogP contribution in [-0.4, -0.2) is 59.0 Å². The van der Waals surface area contributed by atoms with Crippen LogP contribution in [0.2, 0.25) is 0 Å². The summed E-state index contributed by atoms with van der Waals surface area (Å²) in [5.41, 5.74) is 6.68. The average molecular weight is 462 g/mol. The number of carbonyl (C=O) groups excluding carboxylic acids is 3. The van der Waals surface area contributed by atoms with E-state index >= 15 is 0 Å². The molecule has 0 saturated carbocycles. The number of hydrogen-bond donors (Lipinski definition) is 1. The molecule has 1 saturated heterocycles. The van der Waals surface area contributed by atoms with Crippen molar-refractivity contribution in [1.82, 2.24) is 9.80 Å². The van der Waals surface area contributed by atoms with Gasteiger partial charge in [-0.05, 0) is 30.2 Å². The van der Waals surface area contributed by atoms with Crippen molar-refractivity contribution in [1.29, 1.82) is 0 Å². The number of amides is 3. The average Bonchev–Trinajstić information content (AvgIpc) is 2.87. The molecule has 2 N–H and O–H groups in total. The van der Waals surface area contributed by atoms with Crippen molar-refractivity contribution in [2.75, 3.05) is 19.3 Å². The van der Waals surface area contributed by atoms with E-state index in [0.717, 1.165) is 22.6 Å². The Hall–Kier alpha value is -2.78. The number of nitrogens with zero attached hydrogens (tertiary/aromatic N) is 2. The van der Waals surface area contributed by atoms with Gasteiger partial charge in [0.25, 0.3) is 0 Å². The van der Waals surface area contributed by atoms with Crippen molar-refractivity contribution in [3.8, 4) is 0 Å². The molecule has 3 rings (SSSR count). The van der Waals surface area contributed by atoms with Gasteiger partial charge >= 0.3 is 0 Å². The summed E-state index contributed by atoms with van der Waals surface area (Å²) in [6.45, 7) is 1.88. The topological polar surface area (TPSA) is 83.7 Å². The van der Waals surface area contributed by atoms with Gasteiger partial charge in [0.15, 0.2) is 0 Å². The van der Waals surface area contributed by atoms with Crippen LogP contribution in [0.4, 0.5) is 8.78 Å². The van der Waals surface area contributed by atoms with Gasteiger partial charge in [0.05, 0.1) is 17.7 Å². The number of nitrogens with two attached hydrogens (primary N) is 1. The number of carbonyl (C=O) groups is 3. The van der Waals surface area contributed by atoms with Crippen LogP contribution in [0.3, 0.4) is 0 Å². The summed E-state index contributed by atoms with van der Waals surface area (Å²) < 4.78 is 27.3. The molecular weight excluding hydrogens is 436 g/mol. The Labute approximate surface area is 189 Å². The monoisotopic (exact) mass is 461 g/mol. The van der Waals surface area contributed by atoms with Gasteiger partial charge in [0.2, 0.25) is 17.7 Å². The third-order valence-corrected chi connectivity index (χ3v) is 6.53. The van der Waals surface area contributed by atoms with Crippen LogP contribution >= 0.6 is 11.8 Å². The highest BCUT2D eigenvalue weighted by molar-refractivity contribution is 7.99. The van der Waals surface area contributed by atoms with Gasteiger partial charge in [0, 0.05) is 25.4 Å². The van der Waals surface area contributed by atoms with E-state index in [-0.39, 0.29) is 5.56 Å². The van der Waals surface area contributed by atoms with Crippen molar-refractivity contribution >= 4 is 29.5 Å². The Kier molecular flexibility index (Phi) is 7.63. The van der Waals surface area contributed by atoms with E-state index < -0.39 is 53.1 Å². The van der Waals surface area contributed by atoms with Gasteiger partial charge in [-0.3, -0.25) is 19.3 Å². The van der Waals surface area contributed by atoms with E-state index in [9.17, 15) is 23.2 Å². The standard InChI is InChI=1S/C23H25F2N3O3S/c1-14(26)22(30)28(19(29)12-15-10-17(24)13-18(25)11-15)20-21(16-6-4-3-5-7-16)32-9-8-27(2)23(20)31/h3-7,10-11,13-14,20-21H,8-9,12,26H2,1-2H3/t14-,20-,21+/m0/s1. The van der Waals surface area contributed by atoms with Gasteiger partial charge in [-0.25, -0.2) is 8.78 Å². The number of likely N-dealkylation sites (N-methyl/N-ethyl adjacent to an activating group) is 1. The first-order valence-corrected chi connectivity index (χ1v) is 11.2. The molecule has 6 nitrogen and oxygen atoms in total. The maximum absolute atomic E-state index is 13.7. The van der Waals surface area contributed by atoms with E-state index in [0.29, 0.717) is 18.4 Å². The summed E-state index contributed by atoms with van der Waals surface area (Å²) in [6, 6.07) is 9.72. The molecule has 0 bridgehead atoms. The van der Waals surface area contributed by atoms with Gasteiger partial charge < -0.3 is 10.6 Å². The molecule has 0 radical (unpaired) electrons. The fraction of sp³-hybridized carbons (Fsp3) is 0.348. The normalized spacial score (nSPS) is 19.9. The summed E-state index contributed by atoms with van der Waals surface area (Å²) in [7, 11) is 1.62. The molecule has 3 amide bonds. The molecule has 170 valence electrons. The molecular formula is C23H25F2N3O3S. The fourth-order valence-electron chi connectivity index (χ4n) is 3.65. The molecule has 2 aromatic rings. The predicted octanol–water partition coefficient (Wildman–Crippen LogP) is 2.52. The Balaban J connectivity index is 2.06. The lowest BCUT2D eigenvalue weighted by molar-refractivity contribution is -0.154. The zero-order valence-electron chi connectivity index (χ0n) is 17.8. The third-order valence-electron chi connectivity index (χ3n) is 5.22. The molecule has 1 heterocycles. The summed E-state index contributed by atoms with van der Waals surface area (Å²) in [5.74, 6) is -2.91. The van der Waals surface area contributed by atoms with E-state index in [1.807, 2.05) is 30.3 Å². The summed E-state index contributed by atoms with van der Waals surface area (Å²) in [5, 5.41) is -0.510. The van der Waals surface area contributed by atoms with Crippen molar-refractivity contribution in [2.45, 2.75) is 30.7 Å². The van der Waals surface area contributed by atoms with Crippen LogP contribution in [0.1, 0.15) is 23.3 Å². The van der Waals surface area contributed by atoms with Gasteiger partial charge in [-0.1, -0.05) is 30.3 Å². The Morgan fingerprint density at radius 2 is 1.81 bits per heavy atom. The van der Waals surface area contributed by atoms with E-state index in [1.54, 1.807) is 7.05 Å². The Bertz CT molecular complexity index is 983. The molecule has 0 aromatic heterocycles. The minimum absolute atomic E-state index is 0.0633.